The van der Waals surface area contributed by atoms with Gasteiger partial charge in [-0.3, -0.25) is 0 Å². The second-order valence-electron chi connectivity index (χ2n) is 5.31. The van der Waals surface area contributed by atoms with Crippen LogP contribution in [0.3, 0.4) is 0 Å². The molecule has 0 N–H and O–H groups in total. The molecule has 0 radical (unpaired) electrons. The third-order valence-corrected chi connectivity index (χ3v) is 4.34. The summed E-state index contributed by atoms with van der Waals surface area (Å²) in [5, 5.41) is 0. The number of alkyl halides is 3. The summed E-state index contributed by atoms with van der Waals surface area (Å²) in [7, 11) is 2.01. The van der Waals surface area contributed by atoms with Gasteiger partial charge in [-0.25, -0.2) is 0 Å². The van der Waals surface area contributed by atoms with Crippen LogP contribution in [0.25, 0.3) is 0 Å². The summed E-state index contributed by atoms with van der Waals surface area (Å²) >= 11 is 0. The maximum absolute atomic E-state index is 12.7. The summed E-state index contributed by atoms with van der Waals surface area (Å²) in [4.78, 5) is 2.21. The first-order chi connectivity index (χ1) is 7.48. The van der Waals surface area contributed by atoms with E-state index in [2.05, 4.69) is 4.90 Å². The predicted molar refractivity (Wildman–Crippen MR) is 57.2 cm³/mol. The molecule has 2 saturated carbocycles. The Morgan fingerprint density at radius 3 is 2.00 bits per heavy atom. The molecule has 1 nitrogen and oxygen atoms in total. The number of rotatable bonds is 2. The summed E-state index contributed by atoms with van der Waals surface area (Å²) in [6, 6.07) is 0.711. The number of hydrogen-bond acceptors (Lipinski definition) is 1. The Kier molecular flexibility index (Phi) is 3.48. The maximum atomic E-state index is 12.7. The summed E-state index contributed by atoms with van der Waals surface area (Å²) in [5.41, 5.74) is 0. The van der Waals surface area contributed by atoms with Crippen LogP contribution < -0.4 is 0 Å². The van der Waals surface area contributed by atoms with E-state index in [0.29, 0.717) is 18.9 Å². The van der Waals surface area contributed by atoms with Gasteiger partial charge in [-0.05, 0) is 39.2 Å². The Morgan fingerprint density at radius 2 is 1.50 bits per heavy atom. The number of hydrogen-bond donors (Lipinski definition) is 0. The Balaban J connectivity index is 1.90. The molecule has 0 amide bonds. The van der Waals surface area contributed by atoms with Gasteiger partial charge in [0.25, 0.3) is 0 Å². The van der Waals surface area contributed by atoms with Gasteiger partial charge >= 0.3 is 6.18 Å². The van der Waals surface area contributed by atoms with Crippen molar-refractivity contribution in [2.75, 3.05) is 7.05 Å². The fourth-order valence-electron chi connectivity index (χ4n) is 2.92. The van der Waals surface area contributed by atoms with Gasteiger partial charge in [0, 0.05) is 12.1 Å². The molecule has 0 aromatic rings. The van der Waals surface area contributed by atoms with Crippen molar-refractivity contribution in [3.05, 3.63) is 0 Å². The maximum Gasteiger partial charge on any atom is 0.391 e. The van der Waals surface area contributed by atoms with Gasteiger partial charge in [0.05, 0.1) is 5.92 Å². The standard InChI is InChI=1S/C12H20F3N/c1-16(10-5-3-6-10)11-7-2-4-9(8-11)12(13,14)15/h9-11H,2-8H2,1H3. The van der Waals surface area contributed by atoms with Crippen molar-refractivity contribution in [2.45, 2.75) is 63.2 Å². The molecule has 0 aromatic heterocycles. The first-order valence-corrected chi connectivity index (χ1v) is 6.27. The molecular formula is C12H20F3N. The molecule has 2 aliphatic carbocycles. The largest absolute Gasteiger partial charge is 0.391 e. The second-order valence-corrected chi connectivity index (χ2v) is 5.31. The molecule has 0 heterocycles. The zero-order chi connectivity index (χ0) is 11.8. The van der Waals surface area contributed by atoms with Gasteiger partial charge in [0.15, 0.2) is 0 Å². The van der Waals surface area contributed by atoms with E-state index in [9.17, 15) is 13.2 Å². The minimum absolute atomic E-state index is 0.158. The highest BCUT2D eigenvalue weighted by molar-refractivity contribution is 4.87. The van der Waals surface area contributed by atoms with Crippen LogP contribution >= 0.6 is 0 Å². The summed E-state index contributed by atoms with van der Waals surface area (Å²) in [6.45, 7) is 0. The summed E-state index contributed by atoms with van der Waals surface area (Å²) < 4.78 is 38.0. The molecular weight excluding hydrogens is 215 g/mol. The SMILES string of the molecule is CN(C1CCC1)C1CCCC(C(F)(F)F)C1. The van der Waals surface area contributed by atoms with Crippen LogP contribution in [0.5, 0.6) is 0 Å². The van der Waals surface area contributed by atoms with Gasteiger partial charge in [0.2, 0.25) is 0 Å². The van der Waals surface area contributed by atoms with Gasteiger partial charge in [-0.2, -0.15) is 13.2 Å². The quantitative estimate of drug-likeness (QED) is 0.707. The lowest BCUT2D eigenvalue weighted by molar-refractivity contribution is -0.187. The molecule has 94 valence electrons. The van der Waals surface area contributed by atoms with E-state index in [4.69, 9.17) is 0 Å². The van der Waals surface area contributed by atoms with Crippen molar-refractivity contribution in [2.24, 2.45) is 5.92 Å². The third kappa shape index (κ3) is 2.53. The van der Waals surface area contributed by atoms with Crippen LogP contribution in [0.2, 0.25) is 0 Å². The van der Waals surface area contributed by atoms with E-state index in [-0.39, 0.29) is 6.04 Å². The van der Waals surface area contributed by atoms with Crippen LogP contribution in [0.15, 0.2) is 0 Å². The first-order valence-electron chi connectivity index (χ1n) is 6.27. The third-order valence-electron chi connectivity index (χ3n) is 4.34. The Bertz CT molecular complexity index is 235. The molecule has 2 unspecified atom stereocenters. The van der Waals surface area contributed by atoms with Gasteiger partial charge in [-0.15, -0.1) is 0 Å². The highest BCUT2D eigenvalue weighted by Crippen LogP contribution is 2.40. The minimum Gasteiger partial charge on any atom is -0.300 e. The number of nitrogens with zero attached hydrogens (tertiary/aromatic N) is 1. The smallest absolute Gasteiger partial charge is 0.300 e. The minimum atomic E-state index is -3.99. The normalized spacial score (nSPS) is 32.8. The lowest BCUT2D eigenvalue weighted by atomic mass is 9.82. The molecule has 2 atom stereocenters. The Hall–Kier alpha value is -0.250. The first kappa shape index (κ1) is 12.2. The molecule has 2 fully saturated rings. The molecule has 4 heteroatoms. The van der Waals surface area contributed by atoms with Crippen molar-refractivity contribution in [3.8, 4) is 0 Å². The lowest BCUT2D eigenvalue weighted by Crippen LogP contribution is -2.47. The monoisotopic (exact) mass is 235 g/mol. The zero-order valence-electron chi connectivity index (χ0n) is 9.76. The Labute approximate surface area is 95.0 Å². The van der Waals surface area contributed by atoms with E-state index in [1.54, 1.807) is 0 Å². The summed E-state index contributed by atoms with van der Waals surface area (Å²) in [6.07, 6.45) is 1.91. The van der Waals surface area contributed by atoms with Gasteiger partial charge in [-0.1, -0.05) is 12.8 Å². The molecule has 0 aliphatic heterocycles. The lowest BCUT2D eigenvalue weighted by Gasteiger charge is -2.43. The van der Waals surface area contributed by atoms with Crippen molar-refractivity contribution < 1.29 is 13.2 Å². The molecule has 2 rings (SSSR count). The highest BCUT2D eigenvalue weighted by Gasteiger charge is 2.43. The average Bonchev–Trinajstić information content (AvgIpc) is 2.14. The number of halogens is 3. The van der Waals surface area contributed by atoms with E-state index in [1.165, 1.54) is 19.3 Å². The van der Waals surface area contributed by atoms with Crippen LogP contribution in [0.4, 0.5) is 13.2 Å². The van der Waals surface area contributed by atoms with E-state index >= 15 is 0 Å². The van der Waals surface area contributed by atoms with E-state index in [0.717, 1.165) is 12.8 Å². The van der Waals surface area contributed by atoms with Crippen molar-refractivity contribution in [1.82, 2.24) is 4.90 Å². The zero-order valence-corrected chi connectivity index (χ0v) is 9.76. The molecule has 0 bridgehead atoms. The molecule has 0 aromatic carbocycles. The topological polar surface area (TPSA) is 3.24 Å². The fourth-order valence-corrected chi connectivity index (χ4v) is 2.92. The van der Waals surface area contributed by atoms with Crippen molar-refractivity contribution in [1.29, 1.82) is 0 Å². The fraction of sp³-hybridized carbons (Fsp3) is 1.00. The van der Waals surface area contributed by atoms with Crippen LogP contribution in [-0.4, -0.2) is 30.2 Å². The Morgan fingerprint density at radius 1 is 0.938 bits per heavy atom. The second kappa shape index (κ2) is 4.55. The molecule has 0 spiro atoms. The molecule has 0 saturated heterocycles. The van der Waals surface area contributed by atoms with Gasteiger partial charge < -0.3 is 4.90 Å². The van der Waals surface area contributed by atoms with Crippen LogP contribution in [0.1, 0.15) is 44.9 Å². The summed E-state index contributed by atoms with van der Waals surface area (Å²) in [5.74, 6) is -1.06. The van der Waals surface area contributed by atoms with E-state index in [1.807, 2.05) is 7.05 Å². The van der Waals surface area contributed by atoms with Crippen molar-refractivity contribution in [3.63, 3.8) is 0 Å². The van der Waals surface area contributed by atoms with Crippen LogP contribution in [-0.2, 0) is 0 Å². The average molecular weight is 235 g/mol. The highest BCUT2D eigenvalue weighted by atomic mass is 19.4. The van der Waals surface area contributed by atoms with Crippen molar-refractivity contribution >= 4 is 0 Å². The molecule has 2 aliphatic rings. The molecule has 16 heavy (non-hydrogen) atoms. The predicted octanol–water partition coefficient (Wildman–Crippen LogP) is 3.59. The van der Waals surface area contributed by atoms with E-state index < -0.39 is 12.1 Å². The van der Waals surface area contributed by atoms with Gasteiger partial charge in [0.1, 0.15) is 0 Å². The van der Waals surface area contributed by atoms with Crippen LogP contribution in [0, 0.1) is 5.92 Å².